The molecule has 1 aliphatic carbocycles. The van der Waals surface area contributed by atoms with E-state index in [1.165, 1.54) is 5.56 Å². The number of carboxylic acids is 1. The molecule has 1 saturated carbocycles. The number of aliphatic carboxylic acids is 1. The van der Waals surface area contributed by atoms with Crippen molar-refractivity contribution in [2.24, 2.45) is 11.8 Å². The second-order valence-electron chi connectivity index (χ2n) is 7.84. The van der Waals surface area contributed by atoms with E-state index in [1.807, 2.05) is 36.4 Å². The number of ether oxygens (including phenoxy) is 1. The van der Waals surface area contributed by atoms with E-state index in [-0.39, 0.29) is 17.8 Å². The van der Waals surface area contributed by atoms with E-state index in [0.29, 0.717) is 12.4 Å². The number of fused-ring (bicyclic) bond motifs is 1. The average molecular weight is 366 g/mol. The van der Waals surface area contributed by atoms with Gasteiger partial charge in [0.2, 0.25) is 0 Å². The number of carbonyl (C=O) groups is 1. The third kappa shape index (κ3) is 3.72. The van der Waals surface area contributed by atoms with Crippen LogP contribution in [0.4, 0.5) is 0 Å². The second-order valence-corrected chi connectivity index (χ2v) is 7.84. The van der Waals surface area contributed by atoms with Crippen LogP contribution in [-0.4, -0.2) is 22.8 Å². The highest BCUT2D eigenvalue weighted by molar-refractivity contribution is 5.71. The first-order valence-electron chi connectivity index (χ1n) is 9.85. The van der Waals surface area contributed by atoms with Crippen molar-refractivity contribution < 1.29 is 19.7 Å². The van der Waals surface area contributed by atoms with Gasteiger partial charge in [-0.3, -0.25) is 4.79 Å². The van der Waals surface area contributed by atoms with Crippen LogP contribution in [0.2, 0.25) is 0 Å². The lowest BCUT2D eigenvalue weighted by molar-refractivity contribution is -0.143. The summed E-state index contributed by atoms with van der Waals surface area (Å²) in [6.45, 7) is 0.472. The van der Waals surface area contributed by atoms with Gasteiger partial charge in [0.05, 0.1) is 18.6 Å². The Morgan fingerprint density at radius 2 is 1.85 bits per heavy atom. The molecule has 4 atom stereocenters. The van der Waals surface area contributed by atoms with E-state index < -0.39 is 12.1 Å². The normalized spacial score (nSPS) is 27.4. The second kappa shape index (κ2) is 7.73. The molecule has 2 aromatic carbocycles. The summed E-state index contributed by atoms with van der Waals surface area (Å²) < 4.78 is 6.00. The van der Waals surface area contributed by atoms with Gasteiger partial charge in [0.1, 0.15) is 5.75 Å². The predicted molar refractivity (Wildman–Crippen MR) is 103 cm³/mol. The molecule has 2 aliphatic rings. The minimum absolute atomic E-state index is 0.0206. The predicted octanol–water partition coefficient (Wildman–Crippen LogP) is 4.33. The molecule has 0 radical (unpaired) electrons. The van der Waals surface area contributed by atoms with Gasteiger partial charge in [0, 0.05) is 11.5 Å². The summed E-state index contributed by atoms with van der Waals surface area (Å²) in [6, 6.07) is 16.0. The number of hydrogen-bond acceptors (Lipinski definition) is 3. The summed E-state index contributed by atoms with van der Waals surface area (Å²) in [5, 5.41) is 20.4. The average Bonchev–Trinajstić information content (AvgIpc) is 2.70. The van der Waals surface area contributed by atoms with Crippen LogP contribution in [0.5, 0.6) is 5.75 Å². The van der Waals surface area contributed by atoms with Crippen LogP contribution < -0.4 is 4.74 Å². The van der Waals surface area contributed by atoms with Gasteiger partial charge in [-0.05, 0) is 42.4 Å². The van der Waals surface area contributed by atoms with E-state index >= 15 is 0 Å². The van der Waals surface area contributed by atoms with E-state index in [4.69, 9.17) is 4.74 Å². The van der Waals surface area contributed by atoms with Crippen LogP contribution in [0, 0.1) is 11.8 Å². The molecule has 27 heavy (non-hydrogen) atoms. The zero-order valence-corrected chi connectivity index (χ0v) is 15.4. The highest BCUT2D eigenvalue weighted by Gasteiger charge is 2.34. The molecular formula is C23H26O4. The van der Waals surface area contributed by atoms with Gasteiger partial charge in [-0.1, -0.05) is 55.3 Å². The topological polar surface area (TPSA) is 66.8 Å². The maximum absolute atomic E-state index is 11.6. The third-order valence-corrected chi connectivity index (χ3v) is 6.11. The Balaban J connectivity index is 1.54. The molecule has 0 saturated heterocycles. The number of carboxylic acid groups (broad SMARTS) is 1. The molecule has 2 aromatic rings. The zero-order valence-electron chi connectivity index (χ0n) is 15.4. The standard InChI is InChI=1S/C23H26O4/c24-22-17(12-15-6-2-1-3-7-15)14-27-21-13-16(10-11-20(21)22)18-8-4-5-9-19(18)23(25)26/h1-3,6-7,10-11,13,17-19,22,24H,4-5,8-9,12,14H2,(H,25,26)/t17-,18?,19?,22-/m0/s1. The van der Waals surface area contributed by atoms with Crippen molar-refractivity contribution in [2.75, 3.05) is 6.61 Å². The SMILES string of the molecule is O=C(O)C1CCCCC1c1ccc2c(c1)OC[C@H](Cc1ccccc1)[C@@H]2O. The molecule has 1 aliphatic heterocycles. The first-order chi connectivity index (χ1) is 13.1. The molecule has 0 spiro atoms. The van der Waals surface area contributed by atoms with Gasteiger partial charge < -0.3 is 14.9 Å². The summed E-state index contributed by atoms with van der Waals surface area (Å²) in [5.74, 6) is -0.270. The van der Waals surface area contributed by atoms with E-state index in [1.54, 1.807) is 0 Å². The van der Waals surface area contributed by atoms with Gasteiger partial charge >= 0.3 is 5.97 Å². The molecule has 142 valence electrons. The first kappa shape index (κ1) is 18.1. The molecule has 0 amide bonds. The highest BCUT2D eigenvalue weighted by atomic mass is 16.5. The molecule has 1 fully saturated rings. The van der Waals surface area contributed by atoms with E-state index in [9.17, 15) is 15.0 Å². The lowest BCUT2D eigenvalue weighted by atomic mass is 9.75. The Bertz CT molecular complexity index is 801. The van der Waals surface area contributed by atoms with Gasteiger partial charge in [-0.25, -0.2) is 0 Å². The lowest BCUT2D eigenvalue weighted by Gasteiger charge is -2.33. The van der Waals surface area contributed by atoms with Crippen LogP contribution in [0.1, 0.15) is 54.4 Å². The molecule has 0 aromatic heterocycles. The van der Waals surface area contributed by atoms with Crippen molar-refractivity contribution in [1.82, 2.24) is 0 Å². The Kier molecular flexibility index (Phi) is 5.17. The maximum atomic E-state index is 11.6. The molecule has 1 heterocycles. The smallest absolute Gasteiger partial charge is 0.307 e. The van der Waals surface area contributed by atoms with Crippen LogP contribution in [0.3, 0.4) is 0 Å². The summed E-state index contributed by atoms with van der Waals surface area (Å²) in [4.78, 5) is 11.6. The molecule has 2 N–H and O–H groups in total. The Labute approximate surface area is 159 Å². The van der Waals surface area contributed by atoms with Gasteiger partial charge in [-0.2, -0.15) is 0 Å². The Morgan fingerprint density at radius 1 is 1.07 bits per heavy atom. The van der Waals surface area contributed by atoms with Crippen LogP contribution in [0.25, 0.3) is 0 Å². The van der Waals surface area contributed by atoms with Gasteiger partial charge in [0.25, 0.3) is 0 Å². The monoisotopic (exact) mass is 366 g/mol. The lowest BCUT2D eigenvalue weighted by Crippen LogP contribution is -2.28. The Morgan fingerprint density at radius 3 is 2.63 bits per heavy atom. The van der Waals surface area contributed by atoms with Crippen molar-refractivity contribution in [3.05, 3.63) is 65.2 Å². The molecule has 4 heteroatoms. The van der Waals surface area contributed by atoms with Crippen LogP contribution in [-0.2, 0) is 11.2 Å². The third-order valence-electron chi connectivity index (χ3n) is 6.11. The van der Waals surface area contributed by atoms with Crippen molar-refractivity contribution in [3.8, 4) is 5.75 Å². The number of aliphatic hydroxyl groups excluding tert-OH is 1. The Hall–Kier alpha value is -2.33. The largest absolute Gasteiger partial charge is 0.493 e. The van der Waals surface area contributed by atoms with Gasteiger partial charge in [0.15, 0.2) is 0 Å². The highest BCUT2D eigenvalue weighted by Crippen LogP contribution is 2.43. The van der Waals surface area contributed by atoms with Crippen LogP contribution in [0.15, 0.2) is 48.5 Å². The minimum atomic E-state index is -0.707. The zero-order chi connectivity index (χ0) is 18.8. The summed E-state index contributed by atoms with van der Waals surface area (Å²) >= 11 is 0. The fourth-order valence-electron chi connectivity index (χ4n) is 4.61. The minimum Gasteiger partial charge on any atom is -0.493 e. The first-order valence-corrected chi connectivity index (χ1v) is 9.85. The number of benzene rings is 2. The number of hydrogen-bond donors (Lipinski definition) is 2. The fourth-order valence-corrected chi connectivity index (χ4v) is 4.61. The van der Waals surface area contributed by atoms with Crippen LogP contribution >= 0.6 is 0 Å². The fraction of sp³-hybridized carbons (Fsp3) is 0.435. The summed E-state index contributed by atoms with van der Waals surface area (Å²) in [6.07, 6.45) is 3.88. The molecule has 2 unspecified atom stereocenters. The maximum Gasteiger partial charge on any atom is 0.307 e. The van der Waals surface area contributed by atoms with Crippen molar-refractivity contribution in [2.45, 2.75) is 44.1 Å². The summed E-state index contributed by atoms with van der Waals surface area (Å²) in [5.41, 5.74) is 3.03. The van der Waals surface area contributed by atoms with Crippen molar-refractivity contribution in [3.63, 3.8) is 0 Å². The molecule has 4 rings (SSSR count). The molecular weight excluding hydrogens is 340 g/mol. The van der Waals surface area contributed by atoms with E-state index in [0.717, 1.165) is 43.2 Å². The number of aliphatic hydroxyl groups is 1. The molecule has 0 bridgehead atoms. The van der Waals surface area contributed by atoms with Crippen molar-refractivity contribution >= 4 is 5.97 Å². The van der Waals surface area contributed by atoms with Gasteiger partial charge in [-0.15, -0.1) is 0 Å². The number of rotatable bonds is 4. The van der Waals surface area contributed by atoms with E-state index in [2.05, 4.69) is 12.1 Å². The summed E-state index contributed by atoms with van der Waals surface area (Å²) in [7, 11) is 0. The molecule has 4 nitrogen and oxygen atoms in total. The van der Waals surface area contributed by atoms with Crippen molar-refractivity contribution in [1.29, 1.82) is 0 Å². The quantitative estimate of drug-likeness (QED) is 0.845.